The number of fused-ring (bicyclic) bond motifs is 5. The zero-order chi connectivity index (χ0) is 35.6. The van der Waals surface area contributed by atoms with Crippen LogP contribution in [-0.4, -0.2) is 0 Å². The monoisotopic (exact) mass is 683 g/mol. The summed E-state index contributed by atoms with van der Waals surface area (Å²) in [6, 6.07) is 63.3. The van der Waals surface area contributed by atoms with Gasteiger partial charge in [-0.2, -0.15) is 0 Å². The van der Waals surface area contributed by atoms with Gasteiger partial charge in [-0.15, -0.1) is 0 Å². The Morgan fingerprint density at radius 1 is 0.434 bits per heavy atom. The summed E-state index contributed by atoms with van der Waals surface area (Å²) in [6.07, 6.45) is 6.96. The minimum absolute atomic E-state index is 0.0773. The topological polar surface area (TPSA) is 3.24 Å². The molecule has 53 heavy (non-hydrogen) atoms. The molecule has 2 fully saturated rings. The molecule has 0 aromatic heterocycles. The van der Waals surface area contributed by atoms with Crippen molar-refractivity contribution in [1.29, 1.82) is 0 Å². The number of rotatable bonds is 7. The fourth-order valence-corrected chi connectivity index (χ4v) is 10.1. The molecule has 10 rings (SSSR count). The smallest absolute Gasteiger partial charge is 0.0465 e. The molecule has 0 amide bonds. The maximum Gasteiger partial charge on any atom is 0.0465 e. The summed E-state index contributed by atoms with van der Waals surface area (Å²) >= 11 is 0. The SMILES string of the molecule is CC1(C)c2ccccc2-c2ccc(N(c3ccc(-c4ccc(C56CCC(CC5)C6)cc4)cc3)c3ccc(-c4ccccc4-c4ccccc4)cc3)cc21. The summed E-state index contributed by atoms with van der Waals surface area (Å²) in [4.78, 5) is 2.43. The van der Waals surface area contributed by atoms with Crippen LogP contribution in [0.3, 0.4) is 0 Å². The minimum Gasteiger partial charge on any atom is -0.310 e. The third-order valence-electron chi connectivity index (χ3n) is 13.0. The van der Waals surface area contributed by atoms with Crippen LogP contribution in [0.5, 0.6) is 0 Å². The molecule has 1 nitrogen and oxygen atoms in total. The Morgan fingerprint density at radius 2 is 0.925 bits per heavy atom. The van der Waals surface area contributed by atoms with Crippen LogP contribution in [0.2, 0.25) is 0 Å². The Balaban J connectivity index is 1.03. The summed E-state index contributed by atoms with van der Waals surface area (Å²) in [5.74, 6) is 0.957. The largest absolute Gasteiger partial charge is 0.310 e. The number of hydrogen-bond donors (Lipinski definition) is 0. The van der Waals surface area contributed by atoms with E-state index in [0.29, 0.717) is 5.41 Å². The molecule has 0 N–H and O–H groups in total. The first kappa shape index (κ1) is 32.0. The van der Waals surface area contributed by atoms with Crippen molar-refractivity contribution in [2.24, 2.45) is 5.92 Å². The molecular formula is C52H45N. The van der Waals surface area contributed by atoms with Crippen LogP contribution < -0.4 is 4.90 Å². The van der Waals surface area contributed by atoms with E-state index >= 15 is 0 Å². The van der Waals surface area contributed by atoms with Crippen molar-refractivity contribution < 1.29 is 0 Å². The van der Waals surface area contributed by atoms with Gasteiger partial charge in [0.05, 0.1) is 0 Å². The molecular weight excluding hydrogens is 639 g/mol. The van der Waals surface area contributed by atoms with Gasteiger partial charge in [0.15, 0.2) is 0 Å². The highest BCUT2D eigenvalue weighted by molar-refractivity contribution is 5.88. The maximum atomic E-state index is 2.43. The highest BCUT2D eigenvalue weighted by Crippen LogP contribution is 2.55. The summed E-state index contributed by atoms with van der Waals surface area (Å²) in [5.41, 5.74) is 18.3. The Bertz CT molecular complexity index is 2430. The van der Waals surface area contributed by atoms with Gasteiger partial charge in [0, 0.05) is 22.5 Å². The predicted octanol–water partition coefficient (Wildman–Crippen LogP) is 14.3. The third-order valence-corrected chi connectivity index (χ3v) is 13.0. The van der Waals surface area contributed by atoms with Crippen molar-refractivity contribution >= 4 is 17.1 Å². The molecule has 3 aliphatic carbocycles. The lowest BCUT2D eigenvalue weighted by atomic mass is 9.77. The molecule has 0 spiro atoms. The van der Waals surface area contributed by atoms with E-state index in [-0.39, 0.29) is 5.41 Å². The minimum atomic E-state index is -0.0773. The second-order valence-electron chi connectivity index (χ2n) is 16.2. The number of hydrogen-bond acceptors (Lipinski definition) is 1. The first-order valence-corrected chi connectivity index (χ1v) is 19.5. The van der Waals surface area contributed by atoms with Crippen LogP contribution >= 0.6 is 0 Å². The normalized spacial score (nSPS) is 19.2. The van der Waals surface area contributed by atoms with Crippen molar-refractivity contribution in [3.8, 4) is 44.5 Å². The van der Waals surface area contributed by atoms with Gasteiger partial charge in [0.25, 0.3) is 0 Å². The van der Waals surface area contributed by atoms with Crippen molar-refractivity contribution in [2.45, 2.75) is 56.8 Å². The van der Waals surface area contributed by atoms with E-state index in [4.69, 9.17) is 0 Å². The van der Waals surface area contributed by atoms with E-state index in [9.17, 15) is 0 Å². The van der Waals surface area contributed by atoms with Gasteiger partial charge in [0.2, 0.25) is 0 Å². The standard InChI is InChI=1S/C52H45N/c1-51(2)49-15-9-8-14-47(49)48-29-28-44(34-50(48)51)53(43-26-20-40(21-27-43)46-13-7-6-12-45(46)39-10-4-3-5-11-39)42-24-18-38(19-25-42)37-16-22-41(23-17-37)52-32-30-36(35-52)31-33-52/h3-29,34,36H,30-33,35H2,1-2H3. The summed E-state index contributed by atoms with van der Waals surface area (Å²) < 4.78 is 0. The molecule has 3 aliphatic rings. The molecule has 0 atom stereocenters. The molecule has 7 aromatic rings. The van der Waals surface area contributed by atoms with E-state index in [1.54, 1.807) is 5.56 Å². The van der Waals surface area contributed by atoms with E-state index in [0.717, 1.165) is 17.3 Å². The van der Waals surface area contributed by atoms with Crippen LogP contribution in [0, 0.1) is 5.92 Å². The average molecular weight is 684 g/mol. The second-order valence-corrected chi connectivity index (χ2v) is 16.2. The Hall–Kier alpha value is -5.66. The lowest BCUT2D eigenvalue weighted by Crippen LogP contribution is -2.19. The van der Waals surface area contributed by atoms with Crippen LogP contribution in [0.4, 0.5) is 17.1 Å². The quantitative estimate of drug-likeness (QED) is 0.162. The zero-order valence-electron chi connectivity index (χ0n) is 30.7. The second kappa shape index (κ2) is 12.5. The molecule has 258 valence electrons. The number of benzene rings is 7. The first-order chi connectivity index (χ1) is 26.0. The van der Waals surface area contributed by atoms with Gasteiger partial charge in [-0.3, -0.25) is 0 Å². The predicted molar refractivity (Wildman–Crippen MR) is 223 cm³/mol. The van der Waals surface area contributed by atoms with Crippen molar-refractivity contribution in [2.75, 3.05) is 4.90 Å². The summed E-state index contributed by atoms with van der Waals surface area (Å²) in [7, 11) is 0. The van der Waals surface area contributed by atoms with E-state index in [1.165, 1.54) is 93.4 Å². The molecule has 2 bridgehead atoms. The zero-order valence-corrected chi connectivity index (χ0v) is 30.7. The summed E-state index contributed by atoms with van der Waals surface area (Å²) in [5, 5.41) is 0. The molecule has 7 aromatic carbocycles. The molecule has 0 radical (unpaired) electrons. The Kier molecular flexibility index (Phi) is 7.55. The van der Waals surface area contributed by atoms with Gasteiger partial charge in [-0.05, 0) is 141 Å². The highest BCUT2D eigenvalue weighted by Gasteiger charge is 2.45. The van der Waals surface area contributed by atoms with E-state index in [1.807, 2.05) is 0 Å². The van der Waals surface area contributed by atoms with E-state index < -0.39 is 0 Å². The fraction of sp³-hybridized carbons (Fsp3) is 0.192. The van der Waals surface area contributed by atoms with Gasteiger partial charge in [0.1, 0.15) is 0 Å². The molecule has 1 heteroatoms. The third kappa shape index (κ3) is 5.36. The van der Waals surface area contributed by atoms with Crippen LogP contribution in [0.1, 0.15) is 62.6 Å². The molecule has 0 saturated heterocycles. The molecule has 0 heterocycles. The average Bonchev–Trinajstić information content (AvgIpc) is 3.91. The Morgan fingerprint density at radius 3 is 1.53 bits per heavy atom. The molecule has 0 unspecified atom stereocenters. The molecule has 0 aliphatic heterocycles. The van der Waals surface area contributed by atoms with Gasteiger partial charge in [-0.1, -0.05) is 147 Å². The highest BCUT2D eigenvalue weighted by atomic mass is 15.1. The van der Waals surface area contributed by atoms with Crippen LogP contribution in [0.15, 0.2) is 170 Å². The van der Waals surface area contributed by atoms with Gasteiger partial charge < -0.3 is 4.90 Å². The first-order valence-electron chi connectivity index (χ1n) is 19.5. The summed E-state index contributed by atoms with van der Waals surface area (Å²) in [6.45, 7) is 4.73. The Labute approximate surface area is 314 Å². The van der Waals surface area contributed by atoms with Crippen molar-refractivity contribution in [1.82, 2.24) is 0 Å². The van der Waals surface area contributed by atoms with Gasteiger partial charge >= 0.3 is 0 Å². The van der Waals surface area contributed by atoms with Crippen molar-refractivity contribution in [3.63, 3.8) is 0 Å². The lowest BCUT2D eigenvalue weighted by Gasteiger charge is -2.28. The lowest BCUT2D eigenvalue weighted by molar-refractivity contribution is 0.419. The number of anilines is 3. The maximum absolute atomic E-state index is 2.43. The molecule has 2 saturated carbocycles. The van der Waals surface area contributed by atoms with Crippen molar-refractivity contribution in [3.05, 3.63) is 187 Å². The van der Waals surface area contributed by atoms with Gasteiger partial charge in [-0.25, -0.2) is 0 Å². The number of nitrogens with zero attached hydrogens (tertiary/aromatic N) is 1. The van der Waals surface area contributed by atoms with Crippen LogP contribution in [-0.2, 0) is 10.8 Å². The van der Waals surface area contributed by atoms with E-state index in [2.05, 4.69) is 189 Å². The fourth-order valence-electron chi connectivity index (χ4n) is 10.1. The van der Waals surface area contributed by atoms with Crippen LogP contribution in [0.25, 0.3) is 44.5 Å².